The lowest BCUT2D eigenvalue weighted by molar-refractivity contribution is 0.318. The van der Waals surface area contributed by atoms with Crippen molar-refractivity contribution in [3.8, 4) is 0 Å². The van der Waals surface area contributed by atoms with Crippen LogP contribution in [0.5, 0.6) is 0 Å². The molecule has 0 bridgehead atoms. The standard InChI is InChI=1S/C20H25N3OS/c1-4-16(21-24)15-10-11-20-18(14-15)23(13-7-12-22(2)3)17-8-5-6-9-19(17)25-20/h5-6,8-11,14,24H,4,7,12-13H2,1-3H3/b21-16-. The average molecular weight is 356 g/mol. The fraction of sp³-hybridized carbons (Fsp3) is 0.350. The van der Waals surface area contributed by atoms with Gasteiger partial charge in [-0.05, 0) is 57.7 Å². The lowest BCUT2D eigenvalue weighted by Gasteiger charge is -2.33. The number of benzene rings is 2. The molecule has 0 fully saturated rings. The Morgan fingerprint density at radius 3 is 2.60 bits per heavy atom. The molecule has 0 radical (unpaired) electrons. The van der Waals surface area contributed by atoms with Gasteiger partial charge in [-0.25, -0.2) is 0 Å². The first-order valence-corrected chi connectivity index (χ1v) is 9.50. The van der Waals surface area contributed by atoms with Gasteiger partial charge in [0.05, 0.1) is 17.1 Å². The summed E-state index contributed by atoms with van der Waals surface area (Å²) in [6, 6.07) is 14.9. The molecule has 0 saturated heterocycles. The molecule has 2 aromatic rings. The van der Waals surface area contributed by atoms with Crippen LogP contribution in [0.1, 0.15) is 25.3 Å². The summed E-state index contributed by atoms with van der Waals surface area (Å²) in [4.78, 5) is 7.16. The molecule has 4 nitrogen and oxygen atoms in total. The summed E-state index contributed by atoms with van der Waals surface area (Å²) < 4.78 is 0. The molecule has 0 atom stereocenters. The quantitative estimate of drug-likeness (QED) is 0.458. The van der Waals surface area contributed by atoms with Crippen molar-refractivity contribution in [3.63, 3.8) is 0 Å². The number of fused-ring (bicyclic) bond motifs is 2. The van der Waals surface area contributed by atoms with Crippen LogP contribution < -0.4 is 4.90 Å². The average Bonchev–Trinajstić information content (AvgIpc) is 2.62. The molecule has 0 spiro atoms. The minimum Gasteiger partial charge on any atom is -0.411 e. The molecule has 1 heterocycles. The number of anilines is 2. The van der Waals surface area contributed by atoms with Gasteiger partial charge in [0.2, 0.25) is 0 Å². The van der Waals surface area contributed by atoms with Gasteiger partial charge in [0.25, 0.3) is 0 Å². The minimum absolute atomic E-state index is 0.708. The third kappa shape index (κ3) is 3.83. The van der Waals surface area contributed by atoms with Crippen LogP contribution in [0, 0.1) is 0 Å². The second-order valence-electron chi connectivity index (χ2n) is 6.46. The predicted molar refractivity (Wildman–Crippen MR) is 106 cm³/mol. The third-order valence-electron chi connectivity index (χ3n) is 4.40. The van der Waals surface area contributed by atoms with E-state index in [0.717, 1.165) is 30.8 Å². The van der Waals surface area contributed by atoms with Crippen LogP contribution >= 0.6 is 11.8 Å². The Kier molecular flexibility index (Phi) is 5.66. The highest BCUT2D eigenvalue weighted by Gasteiger charge is 2.23. The Balaban J connectivity index is 1.99. The van der Waals surface area contributed by atoms with Crippen LogP contribution in [0.25, 0.3) is 0 Å². The van der Waals surface area contributed by atoms with E-state index < -0.39 is 0 Å². The Morgan fingerprint density at radius 1 is 1.12 bits per heavy atom. The number of para-hydroxylation sites is 1. The highest BCUT2D eigenvalue weighted by Crippen LogP contribution is 2.48. The monoisotopic (exact) mass is 355 g/mol. The molecule has 0 amide bonds. The van der Waals surface area contributed by atoms with Crippen molar-refractivity contribution in [3.05, 3.63) is 48.0 Å². The topological polar surface area (TPSA) is 39.1 Å². The second kappa shape index (κ2) is 7.93. The highest BCUT2D eigenvalue weighted by molar-refractivity contribution is 7.99. The zero-order chi connectivity index (χ0) is 17.8. The maximum absolute atomic E-state index is 9.27. The fourth-order valence-corrected chi connectivity index (χ4v) is 4.20. The van der Waals surface area contributed by atoms with Crippen molar-refractivity contribution in [1.82, 2.24) is 4.90 Å². The Morgan fingerprint density at radius 2 is 1.88 bits per heavy atom. The molecule has 2 aromatic carbocycles. The van der Waals surface area contributed by atoms with E-state index in [-0.39, 0.29) is 0 Å². The summed E-state index contributed by atoms with van der Waals surface area (Å²) in [5.74, 6) is 0. The zero-order valence-electron chi connectivity index (χ0n) is 15.1. The molecular weight excluding hydrogens is 330 g/mol. The summed E-state index contributed by atoms with van der Waals surface area (Å²) in [5, 5.41) is 12.7. The molecule has 0 aromatic heterocycles. The summed E-state index contributed by atoms with van der Waals surface area (Å²) in [6.45, 7) is 4.02. The van der Waals surface area contributed by atoms with Crippen LogP contribution in [0.4, 0.5) is 11.4 Å². The highest BCUT2D eigenvalue weighted by atomic mass is 32.2. The first-order chi connectivity index (χ1) is 12.1. The normalized spacial score (nSPS) is 13.8. The van der Waals surface area contributed by atoms with Gasteiger partial charge in [-0.15, -0.1) is 0 Å². The van der Waals surface area contributed by atoms with E-state index in [2.05, 4.69) is 71.5 Å². The van der Waals surface area contributed by atoms with Crippen molar-refractivity contribution in [2.24, 2.45) is 5.16 Å². The van der Waals surface area contributed by atoms with Crippen molar-refractivity contribution < 1.29 is 5.21 Å². The van der Waals surface area contributed by atoms with E-state index in [9.17, 15) is 5.21 Å². The van der Waals surface area contributed by atoms with E-state index >= 15 is 0 Å². The maximum Gasteiger partial charge on any atom is 0.0865 e. The Hall–Kier alpha value is -1.98. The summed E-state index contributed by atoms with van der Waals surface area (Å²) in [6.07, 6.45) is 1.80. The summed E-state index contributed by atoms with van der Waals surface area (Å²) in [7, 11) is 4.22. The van der Waals surface area contributed by atoms with Gasteiger partial charge in [0.1, 0.15) is 0 Å². The van der Waals surface area contributed by atoms with Crippen LogP contribution in [-0.4, -0.2) is 43.0 Å². The molecule has 0 aliphatic carbocycles. The van der Waals surface area contributed by atoms with Gasteiger partial charge in [-0.2, -0.15) is 0 Å². The fourth-order valence-electron chi connectivity index (χ4n) is 3.13. The molecule has 0 unspecified atom stereocenters. The number of hydrogen-bond donors (Lipinski definition) is 1. The van der Waals surface area contributed by atoms with Gasteiger partial charge in [-0.3, -0.25) is 0 Å². The lowest BCUT2D eigenvalue weighted by atomic mass is 10.1. The molecule has 5 heteroatoms. The number of rotatable bonds is 6. The molecular formula is C20H25N3OS. The minimum atomic E-state index is 0.708. The van der Waals surface area contributed by atoms with E-state index in [1.54, 1.807) is 0 Å². The molecule has 0 saturated carbocycles. The SMILES string of the molecule is CC/C(=N/O)c1ccc2c(c1)N(CCCN(C)C)c1ccccc1S2. The van der Waals surface area contributed by atoms with E-state index in [1.807, 2.05) is 18.7 Å². The second-order valence-corrected chi connectivity index (χ2v) is 7.54. The van der Waals surface area contributed by atoms with Crippen molar-refractivity contribution >= 4 is 28.8 Å². The summed E-state index contributed by atoms with van der Waals surface area (Å²) in [5.41, 5.74) is 4.17. The van der Waals surface area contributed by atoms with Gasteiger partial charge in [0, 0.05) is 21.9 Å². The number of hydrogen-bond acceptors (Lipinski definition) is 5. The van der Waals surface area contributed by atoms with Crippen LogP contribution in [0.2, 0.25) is 0 Å². The van der Waals surface area contributed by atoms with Crippen molar-refractivity contribution in [2.45, 2.75) is 29.6 Å². The molecule has 1 aliphatic heterocycles. The molecule has 1 N–H and O–H groups in total. The molecule has 1 aliphatic rings. The first-order valence-electron chi connectivity index (χ1n) is 8.68. The third-order valence-corrected chi connectivity index (χ3v) is 5.53. The predicted octanol–water partition coefficient (Wildman–Crippen LogP) is 4.83. The Bertz CT molecular complexity index is 773. The first kappa shape index (κ1) is 17.8. The van der Waals surface area contributed by atoms with Gasteiger partial charge >= 0.3 is 0 Å². The molecule has 132 valence electrons. The smallest absolute Gasteiger partial charge is 0.0865 e. The summed E-state index contributed by atoms with van der Waals surface area (Å²) >= 11 is 1.81. The van der Waals surface area contributed by atoms with Crippen molar-refractivity contribution in [1.29, 1.82) is 0 Å². The van der Waals surface area contributed by atoms with Crippen molar-refractivity contribution in [2.75, 3.05) is 32.1 Å². The zero-order valence-corrected chi connectivity index (χ0v) is 15.9. The van der Waals surface area contributed by atoms with E-state index in [1.165, 1.54) is 21.2 Å². The largest absolute Gasteiger partial charge is 0.411 e. The van der Waals surface area contributed by atoms with Crippen LogP contribution in [-0.2, 0) is 0 Å². The van der Waals surface area contributed by atoms with E-state index in [0.29, 0.717) is 6.42 Å². The number of oxime groups is 1. The van der Waals surface area contributed by atoms with Gasteiger partial charge < -0.3 is 15.0 Å². The number of nitrogens with zero attached hydrogens (tertiary/aromatic N) is 3. The van der Waals surface area contributed by atoms with Crippen LogP contribution in [0.3, 0.4) is 0 Å². The van der Waals surface area contributed by atoms with Gasteiger partial charge in [-0.1, -0.05) is 42.0 Å². The Labute approximate surface area is 154 Å². The molecule has 3 rings (SSSR count). The lowest BCUT2D eigenvalue weighted by Crippen LogP contribution is -2.25. The molecule has 25 heavy (non-hydrogen) atoms. The van der Waals surface area contributed by atoms with Gasteiger partial charge in [0.15, 0.2) is 0 Å². The van der Waals surface area contributed by atoms with E-state index in [4.69, 9.17) is 0 Å². The van der Waals surface area contributed by atoms with Crippen LogP contribution in [0.15, 0.2) is 57.4 Å². The maximum atomic E-state index is 9.27.